The average molecular weight is 316 g/mol. The van der Waals surface area contributed by atoms with E-state index >= 15 is 0 Å². The summed E-state index contributed by atoms with van der Waals surface area (Å²) in [4.78, 5) is 12.1. The standard InChI is InChI=1S/C15H28N2O3S/c1-2-21(20)14-6-4-3-5-13(14)17-15(19)16-11-7-9-12(18)10-8-11/h11-14,18H,2-10H2,1H3,(H2,16,17,19). The van der Waals surface area contributed by atoms with E-state index in [1.165, 1.54) is 0 Å². The molecule has 0 aromatic rings. The Balaban J connectivity index is 1.81. The number of hydrogen-bond acceptors (Lipinski definition) is 3. The number of aliphatic hydroxyl groups is 1. The highest BCUT2D eigenvalue weighted by atomic mass is 32.2. The number of amides is 2. The summed E-state index contributed by atoms with van der Waals surface area (Å²) in [5.41, 5.74) is 0. The predicted octanol–water partition coefficient (Wildman–Crippen LogP) is 1.67. The number of rotatable bonds is 4. The van der Waals surface area contributed by atoms with Crippen LogP contribution in [0, 0.1) is 0 Å². The van der Waals surface area contributed by atoms with Gasteiger partial charge in [0.2, 0.25) is 0 Å². The van der Waals surface area contributed by atoms with Gasteiger partial charge in [-0.1, -0.05) is 19.8 Å². The molecule has 0 aromatic carbocycles. The highest BCUT2D eigenvalue weighted by Gasteiger charge is 2.31. The molecule has 122 valence electrons. The van der Waals surface area contributed by atoms with Crippen LogP contribution in [0.5, 0.6) is 0 Å². The summed E-state index contributed by atoms with van der Waals surface area (Å²) >= 11 is 0. The van der Waals surface area contributed by atoms with E-state index in [0.717, 1.165) is 51.4 Å². The van der Waals surface area contributed by atoms with Crippen LogP contribution in [0.15, 0.2) is 0 Å². The lowest BCUT2D eigenvalue weighted by atomic mass is 9.93. The van der Waals surface area contributed by atoms with Gasteiger partial charge < -0.3 is 15.7 Å². The molecule has 3 N–H and O–H groups in total. The molecule has 0 heterocycles. The van der Waals surface area contributed by atoms with Crippen LogP contribution in [-0.2, 0) is 10.8 Å². The third kappa shape index (κ3) is 4.95. The molecule has 2 amide bonds. The molecule has 2 aliphatic carbocycles. The van der Waals surface area contributed by atoms with Gasteiger partial charge in [0, 0.05) is 28.6 Å². The zero-order valence-corrected chi connectivity index (χ0v) is 13.7. The summed E-state index contributed by atoms with van der Waals surface area (Å²) in [6.45, 7) is 1.94. The van der Waals surface area contributed by atoms with Crippen LogP contribution in [0.25, 0.3) is 0 Å². The lowest BCUT2D eigenvalue weighted by Crippen LogP contribution is -2.52. The van der Waals surface area contributed by atoms with Gasteiger partial charge in [-0.2, -0.15) is 0 Å². The fourth-order valence-corrected chi connectivity index (χ4v) is 4.83. The van der Waals surface area contributed by atoms with Crippen molar-refractivity contribution < 1.29 is 14.1 Å². The molecule has 2 fully saturated rings. The molecule has 2 saturated carbocycles. The Labute approximate surface area is 129 Å². The van der Waals surface area contributed by atoms with Gasteiger partial charge in [0.1, 0.15) is 0 Å². The largest absolute Gasteiger partial charge is 0.393 e. The van der Waals surface area contributed by atoms with Crippen molar-refractivity contribution in [1.29, 1.82) is 0 Å². The van der Waals surface area contributed by atoms with Crippen molar-refractivity contribution in [3.8, 4) is 0 Å². The Morgan fingerprint density at radius 3 is 2.43 bits per heavy atom. The summed E-state index contributed by atoms with van der Waals surface area (Å²) in [5.74, 6) is 0.658. The first-order chi connectivity index (χ1) is 10.1. The second-order valence-corrected chi connectivity index (χ2v) is 8.17. The van der Waals surface area contributed by atoms with Gasteiger partial charge in [0.15, 0.2) is 0 Å². The van der Waals surface area contributed by atoms with Crippen LogP contribution in [0.4, 0.5) is 4.79 Å². The van der Waals surface area contributed by atoms with E-state index in [9.17, 15) is 14.1 Å². The van der Waals surface area contributed by atoms with E-state index < -0.39 is 10.8 Å². The topological polar surface area (TPSA) is 78.4 Å². The zero-order chi connectivity index (χ0) is 15.2. The smallest absolute Gasteiger partial charge is 0.315 e. The second kappa shape index (κ2) is 8.13. The highest BCUT2D eigenvalue weighted by Crippen LogP contribution is 2.23. The summed E-state index contributed by atoms with van der Waals surface area (Å²) in [5, 5.41) is 15.6. The highest BCUT2D eigenvalue weighted by molar-refractivity contribution is 7.85. The third-order valence-corrected chi connectivity index (χ3v) is 6.48. The Kier molecular flexibility index (Phi) is 6.48. The summed E-state index contributed by atoms with van der Waals surface area (Å²) < 4.78 is 12.1. The van der Waals surface area contributed by atoms with E-state index in [2.05, 4.69) is 10.6 Å². The Bertz CT molecular complexity index is 370. The van der Waals surface area contributed by atoms with Crippen LogP contribution in [0.3, 0.4) is 0 Å². The Morgan fingerprint density at radius 2 is 1.76 bits per heavy atom. The van der Waals surface area contributed by atoms with E-state index in [1.807, 2.05) is 6.92 Å². The maximum atomic E-state index is 12.1. The lowest BCUT2D eigenvalue weighted by Gasteiger charge is -2.32. The van der Waals surface area contributed by atoms with Crippen molar-refractivity contribution in [2.45, 2.75) is 81.7 Å². The minimum absolute atomic E-state index is 0.0358. The molecule has 3 unspecified atom stereocenters. The molecule has 5 nitrogen and oxygen atoms in total. The van der Waals surface area contributed by atoms with Crippen LogP contribution in [0.1, 0.15) is 58.3 Å². The van der Waals surface area contributed by atoms with Gasteiger partial charge in [-0.3, -0.25) is 4.21 Å². The molecular weight excluding hydrogens is 288 g/mol. The normalized spacial score (nSPS) is 35.0. The minimum atomic E-state index is -0.847. The van der Waals surface area contributed by atoms with Crippen molar-refractivity contribution >= 4 is 16.8 Å². The third-order valence-electron chi connectivity index (χ3n) is 4.67. The molecule has 0 aliphatic heterocycles. The van der Waals surface area contributed by atoms with Crippen molar-refractivity contribution in [2.75, 3.05) is 5.75 Å². The monoisotopic (exact) mass is 316 g/mol. The Hall–Kier alpha value is -0.620. The van der Waals surface area contributed by atoms with Gasteiger partial charge >= 0.3 is 6.03 Å². The molecule has 21 heavy (non-hydrogen) atoms. The zero-order valence-electron chi connectivity index (χ0n) is 12.8. The molecular formula is C15H28N2O3S. The molecule has 0 spiro atoms. The lowest BCUT2D eigenvalue weighted by molar-refractivity contribution is 0.117. The quantitative estimate of drug-likeness (QED) is 0.738. The fraction of sp³-hybridized carbons (Fsp3) is 0.933. The molecule has 0 aromatic heterocycles. The minimum Gasteiger partial charge on any atom is -0.393 e. The summed E-state index contributed by atoms with van der Waals surface area (Å²) in [6.07, 6.45) is 7.06. The number of carbonyl (C=O) groups is 1. The first-order valence-corrected chi connectivity index (χ1v) is 9.60. The second-order valence-electron chi connectivity index (χ2n) is 6.22. The first-order valence-electron chi connectivity index (χ1n) is 8.22. The van der Waals surface area contributed by atoms with Crippen molar-refractivity contribution in [3.63, 3.8) is 0 Å². The predicted molar refractivity (Wildman–Crippen MR) is 84.7 cm³/mol. The van der Waals surface area contributed by atoms with Gasteiger partial charge in [-0.05, 0) is 38.5 Å². The van der Waals surface area contributed by atoms with Gasteiger partial charge in [0.25, 0.3) is 0 Å². The molecule has 0 saturated heterocycles. The summed E-state index contributed by atoms with van der Waals surface area (Å²) in [6, 6.07) is 0.0576. The van der Waals surface area contributed by atoms with Gasteiger partial charge in [-0.25, -0.2) is 4.79 Å². The van der Waals surface area contributed by atoms with Crippen molar-refractivity contribution in [3.05, 3.63) is 0 Å². The van der Waals surface area contributed by atoms with Gasteiger partial charge in [-0.15, -0.1) is 0 Å². The molecule has 3 atom stereocenters. The van der Waals surface area contributed by atoms with E-state index in [0.29, 0.717) is 5.75 Å². The molecule has 0 radical (unpaired) electrons. The number of hydrogen-bond donors (Lipinski definition) is 3. The van der Waals surface area contributed by atoms with Crippen molar-refractivity contribution in [2.24, 2.45) is 0 Å². The Morgan fingerprint density at radius 1 is 1.10 bits per heavy atom. The molecule has 2 rings (SSSR count). The SMILES string of the molecule is CCS(=O)C1CCCCC1NC(=O)NC1CCC(O)CC1. The number of carbonyl (C=O) groups excluding carboxylic acids is 1. The maximum Gasteiger partial charge on any atom is 0.315 e. The van der Waals surface area contributed by atoms with Crippen LogP contribution < -0.4 is 10.6 Å². The van der Waals surface area contributed by atoms with E-state index in [1.54, 1.807) is 0 Å². The molecule has 0 bridgehead atoms. The maximum absolute atomic E-state index is 12.1. The first kappa shape index (κ1) is 16.7. The van der Waals surface area contributed by atoms with E-state index in [-0.39, 0.29) is 29.5 Å². The van der Waals surface area contributed by atoms with E-state index in [4.69, 9.17) is 0 Å². The van der Waals surface area contributed by atoms with Crippen molar-refractivity contribution in [1.82, 2.24) is 10.6 Å². The van der Waals surface area contributed by atoms with Crippen LogP contribution >= 0.6 is 0 Å². The average Bonchev–Trinajstić information content (AvgIpc) is 2.49. The molecule has 6 heteroatoms. The molecule has 2 aliphatic rings. The number of nitrogens with one attached hydrogen (secondary N) is 2. The summed E-state index contributed by atoms with van der Waals surface area (Å²) in [7, 11) is -0.847. The van der Waals surface area contributed by atoms with Gasteiger partial charge in [0.05, 0.1) is 11.4 Å². The fourth-order valence-electron chi connectivity index (χ4n) is 3.41. The number of aliphatic hydroxyl groups excluding tert-OH is 1. The van der Waals surface area contributed by atoms with Crippen LogP contribution in [0.2, 0.25) is 0 Å². The van der Waals surface area contributed by atoms with Crippen LogP contribution in [-0.4, -0.2) is 44.5 Å². The number of urea groups is 1.